The van der Waals surface area contributed by atoms with Crippen LogP contribution < -0.4 is 5.32 Å². The van der Waals surface area contributed by atoms with Crippen LogP contribution in [0.15, 0.2) is 30.7 Å². The predicted molar refractivity (Wildman–Crippen MR) is 73.3 cm³/mol. The number of anilines is 1. The van der Waals surface area contributed by atoms with Crippen molar-refractivity contribution in [1.82, 2.24) is 14.8 Å². The van der Waals surface area contributed by atoms with Gasteiger partial charge in [-0.3, -0.25) is 9.67 Å². The molecule has 0 aliphatic heterocycles. The molecule has 2 heterocycles. The smallest absolute Gasteiger partial charge is 0.0980 e. The van der Waals surface area contributed by atoms with Gasteiger partial charge in [0.15, 0.2) is 0 Å². The number of aliphatic hydroxyl groups is 1. The minimum Gasteiger partial charge on any atom is -0.391 e. The summed E-state index contributed by atoms with van der Waals surface area (Å²) in [5.74, 6) is 0. The molecule has 2 aromatic rings. The number of nitrogens with zero attached hydrogens (tertiary/aromatic N) is 3. The van der Waals surface area contributed by atoms with Crippen molar-refractivity contribution < 1.29 is 5.11 Å². The van der Waals surface area contributed by atoms with Gasteiger partial charge in [-0.2, -0.15) is 5.10 Å². The molecule has 1 aliphatic carbocycles. The highest BCUT2D eigenvalue weighted by molar-refractivity contribution is 6.33. The SMILES string of the molecule is Cc1nccc(N[C@H]2C[C@@H](O)[C@@H]2n2cccn2)c1Cl. The number of hydrogen-bond donors (Lipinski definition) is 2. The van der Waals surface area contributed by atoms with E-state index in [0.29, 0.717) is 11.4 Å². The number of halogens is 1. The normalized spacial score (nSPS) is 25.9. The number of aryl methyl sites for hydroxylation is 1. The molecule has 0 bridgehead atoms. The highest BCUT2D eigenvalue weighted by Gasteiger charge is 2.42. The van der Waals surface area contributed by atoms with Crippen LogP contribution in [0.2, 0.25) is 5.02 Å². The van der Waals surface area contributed by atoms with Crippen molar-refractivity contribution in [2.24, 2.45) is 0 Å². The summed E-state index contributed by atoms with van der Waals surface area (Å²) in [5.41, 5.74) is 1.64. The van der Waals surface area contributed by atoms with Crippen LogP contribution in [-0.4, -0.2) is 32.0 Å². The van der Waals surface area contributed by atoms with Crippen LogP contribution in [0.5, 0.6) is 0 Å². The Morgan fingerprint density at radius 2 is 2.32 bits per heavy atom. The Labute approximate surface area is 116 Å². The molecular weight excluding hydrogens is 264 g/mol. The summed E-state index contributed by atoms with van der Waals surface area (Å²) >= 11 is 6.22. The van der Waals surface area contributed by atoms with Crippen molar-refractivity contribution in [2.75, 3.05) is 5.32 Å². The second-order valence-corrected chi connectivity index (χ2v) is 5.17. The molecule has 0 aromatic carbocycles. The zero-order valence-corrected chi connectivity index (χ0v) is 11.2. The molecule has 0 unspecified atom stereocenters. The van der Waals surface area contributed by atoms with E-state index < -0.39 is 0 Å². The van der Waals surface area contributed by atoms with Gasteiger partial charge in [0.1, 0.15) is 0 Å². The Balaban J connectivity index is 1.79. The maximum absolute atomic E-state index is 9.91. The summed E-state index contributed by atoms with van der Waals surface area (Å²) in [4.78, 5) is 4.14. The molecular formula is C13H15ClN4O. The van der Waals surface area contributed by atoms with Gasteiger partial charge in [0.25, 0.3) is 0 Å². The minimum absolute atomic E-state index is 0.0560. The highest BCUT2D eigenvalue weighted by atomic mass is 35.5. The van der Waals surface area contributed by atoms with E-state index in [2.05, 4.69) is 15.4 Å². The second-order valence-electron chi connectivity index (χ2n) is 4.79. The van der Waals surface area contributed by atoms with E-state index in [-0.39, 0.29) is 18.2 Å². The highest BCUT2D eigenvalue weighted by Crippen LogP contribution is 2.36. The summed E-state index contributed by atoms with van der Waals surface area (Å²) in [6, 6.07) is 3.76. The topological polar surface area (TPSA) is 63.0 Å². The lowest BCUT2D eigenvalue weighted by Crippen LogP contribution is -2.51. The summed E-state index contributed by atoms with van der Waals surface area (Å²) in [5, 5.41) is 18.1. The lowest BCUT2D eigenvalue weighted by molar-refractivity contribution is 0.0134. The van der Waals surface area contributed by atoms with Gasteiger partial charge >= 0.3 is 0 Å². The molecule has 1 aliphatic rings. The van der Waals surface area contributed by atoms with Crippen molar-refractivity contribution in [1.29, 1.82) is 0 Å². The van der Waals surface area contributed by atoms with Gasteiger partial charge in [-0.25, -0.2) is 0 Å². The van der Waals surface area contributed by atoms with Gasteiger partial charge in [0, 0.05) is 18.6 Å². The zero-order valence-electron chi connectivity index (χ0n) is 10.5. The largest absolute Gasteiger partial charge is 0.391 e. The van der Waals surface area contributed by atoms with E-state index >= 15 is 0 Å². The third-order valence-corrected chi connectivity index (χ3v) is 4.01. The first-order chi connectivity index (χ1) is 9.16. The third kappa shape index (κ3) is 2.19. The third-order valence-electron chi connectivity index (χ3n) is 3.54. The van der Waals surface area contributed by atoms with Crippen molar-refractivity contribution in [3.05, 3.63) is 41.4 Å². The lowest BCUT2D eigenvalue weighted by Gasteiger charge is -2.42. The fourth-order valence-electron chi connectivity index (χ4n) is 2.43. The average Bonchev–Trinajstić information content (AvgIpc) is 2.87. The van der Waals surface area contributed by atoms with E-state index in [0.717, 1.165) is 11.4 Å². The van der Waals surface area contributed by atoms with Crippen LogP contribution in [0.3, 0.4) is 0 Å². The molecule has 2 aromatic heterocycles. The molecule has 3 atom stereocenters. The lowest BCUT2D eigenvalue weighted by atomic mass is 9.83. The van der Waals surface area contributed by atoms with E-state index in [9.17, 15) is 5.11 Å². The Morgan fingerprint density at radius 3 is 3.00 bits per heavy atom. The Bertz CT molecular complexity index is 572. The van der Waals surface area contributed by atoms with Gasteiger partial charge in [-0.05, 0) is 25.5 Å². The number of rotatable bonds is 3. The quantitative estimate of drug-likeness (QED) is 0.902. The molecule has 6 heteroatoms. The Hall–Kier alpha value is -1.59. The average molecular weight is 279 g/mol. The minimum atomic E-state index is -0.376. The first-order valence-corrected chi connectivity index (χ1v) is 6.59. The van der Waals surface area contributed by atoms with E-state index in [1.807, 2.05) is 25.3 Å². The summed E-state index contributed by atoms with van der Waals surface area (Å²) < 4.78 is 1.79. The Kier molecular flexibility index (Phi) is 3.16. The van der Waals surface area contributed by atoms with Crippen LogP contribution in [-0.2, 0) is 0 Å². The van der Waals surface area contributed by atoms with Crippen LogP contribution in [0.1, 0.15) is 18.2 Å². The first-order valence-electron chi connectivity index (χ1n) is 6.21. The van der Waals surface area contributed by atoms with Gasteiger partial charge in [0.2, 0.25) is 0 Å². The van der Waals surface area contributed by atoms with Crippen LogP contribution in [0.25, 0.3) is 0 Å². The van der Waals surface area contributed by atoms with Crippen LogP contribution in [0, 0.1) is 6.92 Å². The maximum atomic E-state index is 9.91. The van der Waals surface area contributed by atoms with E-state index in [1.54, 1.807) is 17.1 Å². The maximum Gasteiger partial charge on any atom is 0.0980 e. The Morgan fingerprint density at radius 1 is 1.47 bits per heavy atom. The van der Waals surface area contributed by atoms with Gasteiger partial charge < -0.3 is 10.4 Å². The van der Waals surface area contributed by atoms with Gasteiger partial charge in [-0.15, -0.1) is 0 Å². The van der Waals surface area contributed by atoms with Crippen molar-refractivity contribution >= 4 is 17.3 Å². The molecule has 1 saturated carbocycles. The van der Waals surface area contributed by atoms with Crippen LogP contribution in [0.4, 0.5) is 5.69 Å². The standard InChI is InChI=1S/C13H15ClN4O/c1-8-12(14)9(3-5-15-8)17-10-7-11(19)13(10)18-6-2-4-16-18/h2-6,10-11,13,19H,7H2,1H3,(H,15,17)/t10-,11+,13+/m0/s1. The molecule has 100 valence electrons. The first kappa shape index (κ1) is 12.4. The van der Waals surface area contributed by atoms with Crippen molar-refractivity contribution in [2.45, 2.75) is 31.5 Å². The molecule has 5 nitrogen and oxygen atoms in total. The van der Waals surface area contributed by atoms with Gasteiger partial charge in [-0.1, -0.05) is 11.6 Å². The summed E-state index contributed by atoms with van der Waals surface area (Å²) in [6.45, 7) is 1.87. The number of nitrogens with one attached hydrogen (secondary N) is 1. The van der Waals surface area contributed by atoms with Gasteiger partial charge in [0.05, 0.1) is 34.6 Å². The molecule has 19 heavy (non-hydrogen) atoms. The molecule has 0 amide bonds. The number of hydrogen-bond acceptors (Lipinski definition) is 4. The zero-order chi connectivity index (χ0) is 13.4. The second kappa shape index (κ2) is 4.83. The number of pyridine rings is 1. The molecule has 0 radical (unpaired) electrons. The molecule has 0 spiro atoms. The van der Waals surface area contributed by atoms with E-state index in [4.69, 9.17) is 11.6 Å². The summed E-state index contributed by atoms with van der Waals surface area (Å²) in [6.07, 6.45) is 5.61. The number of aliphatic hydroxyl groups excluding tert-OH is 1. The van der Waals surface area contributed by atoms with Crippen molar-refractivity contribution in [3.63, 3.8) is 0 Å². The fraction of sp³-hybridized carbons (Fsp3) is 0.385. The molecule has 2 N–H and O–H groups in total. The van der Waals surface area contributed by atoms with E-state index in [1.165, 1.54) is 0 Å². The van der Waals surface area contributed by atoms with Crippen molar-refractivity contribution in [3.8, 4) is 0 Å². The molecule has 1 fully saturated rings. The molecule has 0 saturated heterocycles. The summed E-state index contributed by atoms with van der Waals surface area (Å²) in [7, 11) is 0. The predicted octanol–water partition coefficient (Wildman–Crippen LogP) is 2.03. The molecule has 3 rings (SSSR count). The van der Waals surface area contributed by atoms with Crippen LogP contribution >= 0.6 is 11.6 Å². The fourth-order valence-corrected chi connectivity index (χ4v) is 2.60. The number of aromatic nitrogens is 3. The monoisotopic (exact) mass is 278 g/mol.